The van der Waals surface area contributed by atoms with Crippen molar-refractivity contribution in [3.05, 3.63) is 239 Å². The maximum Gasteiger partial charge on any atom is 0.0543 e. The van der Waals surface area contributed by atoms with E-state index in [0.717, 1.165) is 12.8 Å². The molecule has 0 saturated carbocycles. The summed E-state index contributed by atoms with van der Waals surface area (Å²) in [6, 6.07) is 76.6. The number of hydrogen-bond acceptors (Lipinski definition) is 2. The van der Waals surface area contributed by atoms with E-state index >= 15 is 0 Å². The zero-order valence-electron chi connectivity index (χ0n) is 43.4. The third-order valence-electron chi connectivity index (χ3n) is 18.1. The predicted molar refractivity (Wildman–Crippen MR) is 316 cm³/mol. The highest BCUT2D eigenvalue weighted by Crippen LogP contribution is 2.60. The average molecular weight is 951 g/mol. The fourth-order valence-corrected chi connectivity index (χ4v) is 14.6. The molecule has 0 atom stereocenters. The van der Waals surface area contributed by atoms with Crippen molar-refractivity contribution < 1.29 is 0 Å². The highest BCUT2D eigenvalue weighted by molar-refractivity contribution is 6.31. The molecule has 3 aliphatic carbocycles. The van der Waals surface area contributed by atoms with Crippen molar-refractivity contribution in [2.45, 2.75) is 77.6 Å². The Bertz CT molecular complexity index is 4360. The second kappa shape index (κ2) is 15.2. The van der Waals surface area contributed by atoms with Gasteiger partial charge in [-0.2, -0.15) is 0 Å². The van der Waals surface area contributed by atoms with Gasteiger partial charge in [0.05, 0.1) is 34.1 Å². The first kappa shape index (κ1) is 43.4. The molecule has 0 aromatic heterocycles. The second-order valence-corrected chi connectivity index (χ2v) is 23.3. The molecule has 2 nitrogen and oxygen atoms in total. The van der Waals surface area contributed by atoms with E-state index in [9.17, 15) is 0 Å². The van der Waals surface area contributed by atoms with Gasteiger partial charge in [-0.15, -0.1) is 0 Å². The Kier molecular flexibility index (Phi) is 8.90. The molecule has 0 heterocycles. The van der Waals surface area contributed by atoms with Gasteiger partial charge in [-0.05, 0) is 156 Å². The fourth-order valence-electron chi connectivity index (χ4n) is 14.6. The van der Waals surface area contributed by atoms with Gasteiger partial charge in [-0.3, -0.25) is 0 Å². The standard InChI is InChI=1S/C72H58N2/c1-43-40-63(73(59-32-16-22-44-20-8-10-24-48(44)59)61-34-18-28-52-50-26-12-14-30-56(50)71(4,5)68(52)61)55-42-58-65-46(38-39-70(58,2)3)41-64(54-37-36-47(43)66(55)67(54)65)74(60-33-17-23-45-21-9-11-25-49(45)60)62-35-19-29-53-51-27-13-15-31-57(51)72(6,7)69(53)62/h8-37,40-42H,38-39H2,1-7H3. The van der Waals surface area contributed by atoms with Crippen LogP contribution in [0.4, 0.5) is 34.1 Å². The molecule has 0 spiro atoms. The van der Waals surface area contributed by atoms with E-state index in [-0.39, 0.29) is 16.2 Å². The number of benzene rings is 12. The van der Waals surface area contributed by atoms with E-state index < -0.39 is 0 Å². The van der Waals surface area contributed by atoms with Crippen LogP contribution in [0.2, 0.25) is 0 Å². The van der Waals surface area contributed by atoms with Gasteiger partial charge in [0.15, 0.2) is 0 Å². The van der Waals surface area contributed by atoms with Crippen LogP contribution in [0.25, 0.3) is 76.1 Å². The highest BCUT2D eigenvalue weighted by atomic mass is 15.2. The molecule has 15 rings (SSSR count). The fraction of sp³-hybridized carbons (Fsp3) is 0.167. The quantitative estimate of drug-likeness (QED) is 0.153. The van der Waals surface area contributed by atoms with E-state index in [1.54, 1.807) is 0 Å². The molecule has 0 aliphatic heterocycles. The summed E-state index contributed by atoms with van der Waals surface area (Å²) in [5, 5.41) is 13.0. The molecule has 2 heteroatoms. The molecule has 12 aromatic rings. The number of fused-ring (bicyclic) bond motifs is 8. The van der Waals surface area contributed by atoms with E-state index in [1.807, 2.05) is 0 Å². The summed E-state index contributed by atoms with van der Waals surface area (Å²) in [5.74, 6) is 0. The first-order valence-corrected chi connectivity index (χ1v) is 26.7. The number of nitrogens with zero attached hydrogens (tertiary/aromatic N) is 2. The largest absolute Gasteiger partial charge is 0.309 e. The molecule has 0 bridgehead atoms. The van der Waals surface area contributed by atoms with Gasteiger partial charge in [-0.1, -0.05) is 199 Å². The lowest BCUT2D eigenvalue weighted by atomic mass is 9.70. The molecule has 0 radical (unpaired) electrons. The van der Waals surface area contributed by atoms with Crippen LogP contribution in [0.3, 0.4) is 0 Å². The van der Waals surface area contributed by atoms with Crippen molar-refractivity contribution in [1.29, 1.82) is 0 Å². The zero-order valence-corrected chi connectivity index (χ0v) is 43.4. The topological polar surface area (TPSA) is 6.48 Å². The van der Waals surface area contributed by atoms with Crippen molar-refractivity contribution in [1.82, 2.24) is 0 Å². The second-order valence-electron chi connectivity index (χ2n) is 23.3. The molecular weight excluding hydrogens is 893 g/mol. The molecule has 0 unspecified atom stereocenters. The minimum absolute atomic E-state index is 0.0588. The molecule has 3 aliphatic rings. The Balaban J connectivity index is 1.09. The minimum Gasteiger partial charge on any atom is -0.309 e. The summed E-state index contributed by atoms with van der Waals surface area (Å²) in [4.78, 5) is 5.33. The summed E-state index contributed by atoms with van der Waals surface area (Å²) in [7, 11) is 0. The monoisotopic (exact) mass is 950 g/mol. The van der Waals surface area contributed by atoms with Crippen molar-refractivity contribution in [3.8, 4) is 22.3 Å². The van der Waals surface area contributed by atoms with Gasteiger partial charge in [0.25, 0.3) is 0 Å². The summed E-state index contributed by atoms with van der Waals surface area (Å²) < 4.78 is 0. The first-order valence-electron chi connectivity index (χ1n) is 26.7. The Morgan fingerprint density at radius 3 is 1.38 bits per heavy atom. The van der Waals surface area contributed by atoms with Crippen molar-refractivity contribution >= 4 is 88.0 Å². The lowest BCUT2D eigenvalue weighted by molar-refractivity contribution is 0.475. The molecule has 356 valence electrons. The SMILES string of the molecule is Cc1cc(N(c2cccc3c2C(C)(C)c2ccccc2-3)c2cccc3ccccc23)c2cc3c4c(cc(N(c5cccc6c5C(C)(C)c5ccccc5-6)c5cccc6ccccc56)c5ccc1c2c54)CCC3(C)C. The number of rotatable bonds is 6. The highest BCUT2D eigenvalue weighted by Gasteiger charge is 2.42. The van der Waals surface area contributed by atoms with Crippen LogP contribution < -0.4 is 9.80 Å². The van der Waals surface area contributed by atoms with E-state index in [4.69, 9.17) is 0 Å². The van der Waals surface area contributed by atoms with Crippen LogP contribution in [0, 0.1) is 6.92 Å². The Morgan fingerprint density at radius 1 is 0.338 bits per heavy atom. The summed E-state index contributed by atoms with van der Waals surface area (Å²) in [5.41, 5.74) is 21.7. The normalized spacial score (nSPS) is 15.4. The Hall–Kier alpha value is -8.20. The summed E-state index contributed by atoms with van der Waals surface area (Å²) >= 11 is 0. The third-order valence-corrected chi connectivity index (χ3v) is 18.1. The Morgan fingerprint density at radius 2 is 0.797 bits per heavy atom. The van der Waals surface area contributed by atoms with Crippen LogP contribution in [0.1, 0.15) is 86.9 Å². The van der Waals surface area contributed by atoms with Crippen molar-refractivity contribution in [2.24, 2.45) is 0 Å². The lowest BCUT2D eigenvalue weighted by Gasteiger charge is -2.38. The van der Waals surface area contributed by atoms with Gasteiger partial charge in [0.2, 0.25) is 0 Å². The molecule has 0 amide bonds. The minimum atomic E-state index is -0.236. The molecule has 0 saturated heterocycles. The zero-order chi connectivity index (χ0) is 50.0. The average Bonchev–Trinajstić information content (AvgIpc) is 3.81. The van der Waals surface area contributed by atoms with Crippen LogP contribution in [0.15, 0.2) is 200 Å². The molecule has 12 aromatic carbocycles. The van der Waals surface area contributed by atoms with Crippen LogP contribution in [-0.2, 0) is 22.7 Å². The Labute approximate surface area is 434 Å². The lowest BCUT2D eigenvalue weighted by Crippen LogP contribution is -2.24. The predicted octanol–water partition coefficient (Wildman–Crippen LogP) is 20.0. The first-order chi connectivity index (χ1) is 35.9. The van der Waals surface area contributed by atoms with Crippen LogP contribution >= 0.6 is 0 Å². The maximum absolute atomic E-state index is 2.67. The van der Waals surface area contributed by atoms with E-state index in [0.29, 0.717) is 0 Å². The summed E-state index contributed by atoms with van der Waals surface area (Å²) in [6.07, 6.45) is 2.07. The number of aryl methyl sites for hydroxylation is 2. The van der Waals surface area contributed by atoms with Crippen LogP contribution in [-0.4, -0.2) is 0 Å². The van der Waals surface area contributed by atoms with Crippen molar-refractivity contribution in [2.75, 3.05) is 9.80 Å². The third kappa shape index (κ3) is 5.77. The molecule has 74 heavy (non-hydrogen) atoms. The van der Waals surface area contributed by atoms with Gasteiger partial charge in [-0.25, -0.2) is 0 Å². The van der Waals surface area contributed by atoms with Gasteiger partial charge in [0, 0.05) is 37.8 Å². The van der Waals surface area contributed by atoms with Crippen molar-refractivity contribution in [3.63, 3.8) is 0 Å². The molecule has 0 fully saturated rings. The number of hydrogen-bond donors (Lipinski definition) is 0. The van der Waals surface area contributed by atoms with Gasteiger partial charge < -0.3 is 9.80 Å². The number of anilines is 6. The maximum atomic E-state index is 2.67. The van der Waals surface area contributed by atoms with Crippen LogP contribution in [0.5, 0.6) is 0 Å². The van der Waals surface area contributed by atoms with Gasteiger partial charge in [0.1, 0.15) is 0 Å². The summed E-state index contributed by atoms with van der Waals surface area (Å²) in [6.45, 7) is 17.0. The van der Waals surface area contributed by atoms with E-state index in [1.165, 1.54) is 149 Å². The molecule has 0 N–H and O–H groups in total. The molecular formula is C72H58N2. The van der Waals surface area contributed by atoms with Gasteiger partial charge >= 0.3 is 0 Å². The van der Waals surface area contributed by atoms with E-state index in [2.05, 4.69) is 258 Å². The smallest absolute Gasteiger partial charge is 0.0543 e.